The van der Waals surface area contributed by atoms with Gasteiger partial charge in [-0.2, -0.15) is 5.10 Å². The third-order valence-electron chi connectivity index (χ3n) is 3.51. The average Bonchev–Trinajstić information content (AvgIpc) is 2.99. The van der Waals surface area contributed by atoms with E-state index in [-0.39, 0.29) is 5.91 Å². The van der Waals surface area contributed by atoms with Gasteiger partial charge in [-0.25, -0.2) is 5.43 Å². The van der Waals surface area contributed by atoms with E-state index < -0.39 is 0 Å². The van der Waals surface area contributed by atoms with E-state index in [2.05, 4.69) is 33.5 Å². The number of fused-ring (bicyclic) bond motifs is 1. The predicted octanol–water partition coefficient (Wildman–Crippen LogP) is 2.89. The Kier molecular flexibility index (Phi) is 3.96. The van der Waals surface area contributed by atoms with Crippen LogP contribution >= 0.6 is 0 Å². The van der Waals surface area contributed by atoms with Gasteiger partial charge in [0.1, 0.15) is 0 Å². The van der Waals surface area contributed by atoms with Crippen LogP contribution in [-0.4, -0.2) is 22.1 Å². The summed E-state index contributed by atoms with van der Waals surface area (Å²) in [6, 6.07) is 9.57. The minimum absolute atomic E-state index is 0.279. The van der Waals surface area contributed by atoms with Crippen LogP contribution in [0.15, 0.2) is 54.0 Å². The third kappa shape index (κ3) is 2.74. The molecule has 2 heterocycles. The van der Waals surface area contributed by atoms with E-state index in [0.717, 1.165) is 22.9 Å². The van der Waals surface area contributed by atoms with Crippen LogP contribution in [0.5, 0.6) is 0 Å². The number of carbonyl (C=O) groups excluding carboxylic acids is 1. The molecule has 0 aliphatic heterocycles. The van der Waals surface area contributed by atoms with E-state index in [1.165, 1.54) is 11.8 Å². The van der Waals surface area contributed by atoms with Gasteiger partial charge in [-0.15, -0.1) is 0 Å². The minimum atomic E-state index is -0.279. The Hall–Kier alpha value is -2.95. The highest BCUT2D eigenvalue weighted by molar-refractivity contribution is 6.01. The quantitative estimate of drug-likeness (QED) is 0.573. The number of amides is 1. The highest BCUT2D eigenvalue weighted by atomic mass is 16.2. The summed E-state index contributed by atoms with van der Waals surface area (Å²) in [6.07, 6.45) is 7.63. The van der Waals surface area contributed by atoms with Gasteiger partial charge in [-0.1, -0.05) is 25.1 Å². The summed E-state index contributed by atoms with van der Waals surface area (Å²) in [5.41, 5.74) is 6.30. The molecule has 0 radical (unpaired) electrons. The van der Waals surface area contributed by atoms with Crippen LogP contribution in [-0.2, 0) is 6.42 Å². The second kappa shape index (κ2) is 6.22. The van der Waals surface area contributed by atoms with Gasteiger partial charge in [0.05, 0.1) is 11.8 Å². The van der Waals surface area contributed by atoms with E-state index in [1.54, 1.807) is 24.5 Å². The molecule has 0 aliphatic carbocycles. The average molecular weight is 292 g/mol. The van der Waals surface area contributed by atoms with Crippen LogP contribution in [0.25, 0.3) is 10.9 Å². The number of carbonyl (C=O) groups is 1. The first-order chi connectivity index (χ1) is 10.8. The van der Waals surface area contributed by atoms with Crippen molar-refractivity contribution in [2.75, 3.05) is 0 Å². The van der Waals surface area contributed by atoms with Crippen LogP contribution in [0.3, 0.4) is 0 Å². The standard InChI is InChI=1S/C17H16N4O/c1-2-12-5-3-7-15-14(10-19-16(12)15)11-20-21-17(22)13-6-4-8-18-9-13/h3-11,19H,2H2,1H3,(H,21,22)/b20-11+. The van der Waals surface area contributed by atoms with E-state index in [1.807, 2.05) is 18.3 Å². The molecule has 2 N–H and O–H groups in total. The zero-order valence-corrected chi connectivity index (χ0v) is 12.2. The largest absolute Gasteiger partial charge is 0.360 e. The summed E-state index contributed by atoms with van der Waals surface area (Å²) < 4.78 is 0. The number of aryl methyl sites for hydroxylation is 1. The second-order valence-corrected chi connectivity index (χ2v) is 4.88. The van der Waals surface area contributed by atoms with Gasteiger partial charge < -0.3 is 4.98 Å². The van der Waals surface area contributed by atoms with E-state index in [4.69, 9.17) is 0 Å². The molecule has 5 heteroatoms. The summed E-state index contributed by atoms with van der Waals surface area (Å²) in [7, 11) is 0. The van der Waals surface area contributed by atoms with Crippen LogP contribution in [0.2, 0.25) is 0 Å². The number of aromatic nitrogens is 2. The normalized spacial score (nSPS) is 11.1. The molecule has 0 unspecified atom stereocenters. The highest BCUT2D eigenvalue weighted by Crippen LogP contribution is 2.20. The van der Waals surface area contributed by atoms with Gasteiger partial charge >= 0.3 is 0 Å². The molecule has 22 heavy (non-hydrogen) atoms. The number of H-pyrrole nitrogens is 1. The van der Waals surface area contributed by atoms with E-state index >= 15 is 0 Å². The Balaban J connectivity index is 1.78. The zero-order chi connectivity index (χ0) is 15.4. The van der Waals surface area contributed by atoms with Crippen LogP contribution in [0.4, 0.5) is 0 Å². The molecule has 2 aromatic heterocycles. The van der Waals surface area contributed by atoms with Crippen molar-refractivity contribution < 1.29 is 4.79 Å². The Labute approximate surface area is 128 Å². The molecule has 0 aliphatic rings. The van der Waals surface area contributed by atoms with Gasteiger partial charge in [0.15, 0.2) is 0 Å². The van der Waals surface area contributed by atoms with Gasteiger partial charge in [-0.05, 0) is 24.1 Å². The number of hydrogen-bond donors (Lipinski definition) is 2. The maximum atomic E-state index is 11.9. The lowest BCUT2D eigenvalue weighted by Crippen LogP contribution is -2.17. The molecule has 5 nitrogen and oxygen atoms in total. The summed E-state index contributed by atoms with van der Waals surface area (Å²) in [5, 5.41) is 5.12. The van der Waals surface area contributed by atoms with Gasteiger partial charge in [0, 0.05) is 35.1 Å². The molecule has 3 aromatic rings. The van der Waals surface area contributed by atoms with Gasteiger partial charge in [0.2, 0.25) is 0 Å². The van der Waals surface area contributed by atoms with Gasteiger partial charge in [-0.3, -0.25) is 9.78 Å². The Morgan fingerprint density at radius 3 is 3.05 bits per heavy atom. The SMILES string of the molecule is CCc1cccc2c(/C=N/NC(=O)c3cccnc3)c[nH]c12. The lowest BCUT2D eigenvalue weighted by atomic mass is 10.1. The first-order valence-corrected chi connectivity index (χ1v) is 7.12. The smallest absolute Gasteiger partial charge is 0.272 e. The van der Waals surface area contributed by atoms with E-state index in [0.29, 0.717) is 5.56 Å². The minimum Gasteiger partial charge on any atom is -0.360 e. The van der Waals surface area contributed by atoms with Crippen molar-refractivity contribution >= 4 is 23.0 Å². The van der Waals surface area contributed by atoms with Gasteiger partial charge in [0.25, 0.3) is 5.91 Å². The van der Waals surface area contributed by atoms with Crippen LogP contribution in [0.1, 0.15) is 28.4 Å². The molecule has 0 bridgehead atoms. The summed E-state index contributed by atoms with van der Waals surface area (Å²) in [5.74, 6) is -0.279. The topological polar surface area (TPSA) is 70.1 Å². The number of hydrogen-bond acceptors (Lipinski definition) is 3. The molecule has 0 spiro atoms. The maximum absolute atomic E-state index is 11.9. The number of benzene rings is 1. The first kappa shape index (κ1) is 14.0. The molecule has 0 saturated heterocycles. The number of para-hydroxylation sites is 1. The zero-order valence-electron chi connectivity index (χ0n) is 12.2. The number of hydrazone groups is 1. The lowest BCUT2D eigenvalue weighted by Gasteiger charge is -1.99. The summed E-state index contributed by atoms with van der Waals surface area (Å²) >= 11 is 0. The lowest BCUT2D eigenvalue weighted by molar-refractivity contribution is 0.0955. The van der Waals surface area contributed by atoms with Crippen LogP contribution < -0.4 is 5.43 Å². The molecule has 3 rings (SSSR count). The Morgan fingerprint density at radius 2 is 2.27 bits per heavy atom. The number of pyridine rings is 1. The Bertz CT molecular complexity index is 821. The molecule has 1 aromatic carbocycles. The molecule has 1 amide bonds. The fraction of sp³-hybridized carbons (Fsp3) is 0.118. The van der Waals surface area contributed by atoms with Crippen LogP contribution in [0, 0.1) is 0 Å². The predicted molar refractivity (Wildman–Crippen MR) is 87.0 cm³/mol. The summed E-state index contributed by atoms with van der Waals surface area (Å²) in [4.78, 5) is 19.0. The molecule has 0 atom stereocenters. The van der Waals surface area contributed by atoms with Crippen molar-refractivity contribution in [2.45, 2.75) is 13.3 Å². The maximum Gasteiger partial charge on any atom is 0.272 e. The Morgan fingerprint density at radius 1 is 1.36 bits per heavy atom. The van der Waals surface area contributed by atoms with Crippen molar-refractivity contribution in [3.63, 3.8) is 0 Å². The van der Waals surface area contributed by atoms with Crippen molar-refractivity contribution in [2.24, 2.45) is 5.10 Å². The van der Waals surface area contributed by atoms with Crippen molar-refractivity contribution in [3.05, 3.63) is 65.6 Å². The molecule has 110 valence electrons. The number of nitrogens with zero attached hydrogens (tertiary/aromatic N) is 2. The fourth-order valence-corrected chi connectivity index (χ4v) is 2.36. The first-order valence-electron chi connectivity index (χ1n) is 7.12. The monoisotopic (exact) mass is 292 g/mol. The molecular weight excluding hydrogens is 276 g/mol. The molecular formula is C17H16N4O. The highest BCUT2D eigenvalue weighted by Gasteiger charge is 2.05. The van der Waals surface area contributed by atoms with Crippen molar-refractivity contribution in [1.29, 1.82) is 0 Å². The third-order valence-corrected chi connectivity index (χ3v) is 3.51. The molecule has 0 fully saturated rings. The number of rotatable bonds is 4. The molecule has 0 saturated carbocycles. The van der Waals surface area contributed by atoms with Crippen molar-refractivity contribution in [1.82, 2.24) is 15.4 Å². The fourth-order valence-electron chi connectivity index (χ4n) is 2.36. The summed E-state index contributed by atoms with van der Waals surface area (Å²) in [6.45, 7) is 2.12. The van der Waals surface area contributed by atoms with Crippen molar-refractivity contribution in [3.8, 4) is 0 Å². The number of aromatic amines is 1. The number of nitrogens with one attached hydrogen (secondary N) is 2. The van der Waals surface area contributed by atoms with E-state index in [9.17, 15) is 4.79 Å². The second-order valence-electron chi connectivity index (χ2n) is 4.88.